The maximum absolute atomic E-state index is 11.5. The van der Waals surface area contributed by atoms with Crippen molar-refractivity contribution in [3.63, 3.8) is 0 Å². The molecule has 0 aliphatic heterocycles. The van der Waals surface area contributed by atoms with Gasteiger partial charge in [0.2, 0.25) is 0 Å². The average molecular weight is 324 g/mol. The molecular formula is C18H20N4O2. The molecule has 0 amide bonds. The fourth-order valence-electron chi connectivity index (χ4n) is 3.37. The Bertz CT molecular complexity index is 871. The molecule has 2 atom stereocenters. The van der Waals surface area contributed by atoms with Gasteiger partial charge in [-0.1, -0.05) is 12.5 Å². The molecule has 24 heavy (non-hydrogen) atoms. The number of anilines is 1. The molecule has 2 aromatic heterocycles. The quantitative estimate of drug-likeness (QED) is 0.674. The number of hydrogen-bond donors (Lipinski definition) is 3. The van der Waals surface area contributed by atoms with Crippen LogP contribution in [0.3, 0.4) is 0 Å². The molecule has 1 aliphatic carbocycles. The molecule has 1 saturated carbocycles. The molecule has 3 aromatic rings. The van der Waals surface area contributed by atoms with E-state index in [0.29, 0.717) is 24.0 Å². The Morgan fingerprint density at radius 1 is 1.21 bits per heavy atom. The normalized spacial score (nSPS) is 20.3. The van der Waals surface area contributed by atoms with Crippen molar-refractivity contribution in [2.45, 2.75) is 25.3 Å². The predicted octanol–water partition coefficient (Wildman–Crippen LogP) is 2.91. The molecule has 4 rings (SSSR count). The number of nitrogens with one attached hydrogen (secondary N) is 3. The highest BCUT2D eigenvalue weighted by Gasteiger charge is 2.28. The largest absolute Gasteiger partial charge is 0.493 e. The number of H-pyrrole nitrogens is 2. The number of nitrogens with zero attached hydrogens (tertiary/aromatic N) is 1. The Labute approximate surface area is 139 Å². The van der Waals surface area contributed by atoms with E-state index in [1.54, 1.807) is 12.3 Å². The van der Waals surface area contributed by atoms with Crippen LogP contribution in [0.2, 0.25) is 0 Å². The summed E-state index contributed by atoms with van der Waals surface area (Å²) >= 11 is 0. The van der Waals surface area contributed by atoms with E-state index in [2.05, 4.69) is 20.5 Å². The lowest BCUT2D eigenvalue weighted by Gasteiger charge is -2.21. The second kappa shape index (κ2) is 6.39. The van der Waals surface area contributed by atoms with Crippen LogP contribution in [-0.4, -0.2) is 27.8 Å². The van der Waals surface area contributed by atoms with E-state index < -0.39 is 0 Å². The maximum atomic E-state index is 11.5. The molecule has 6 nitrogen and oxygen atoms in total. The van der Waals surface area contributed by atoms with Gasteiger partial charge in [0, 0.05) is 24.2 Å². The van der Waals surface area contributed by atoms with Crippen molar-refractivity contribution < 1.29 is 4.74 Å². The second-order valence-corrected chi connectivity index (χ2v) is 6.25. The molecule has 124 valence electrons. The molecule has 0 saturated heterocycles. The van der Waals surface area contributed by atoms with Crippen LogP contribution in [0.4, 0.5) is 5.82 Å². The second-order valence-electron chi connectivity index (χ2n) is 6.25. The molecule has 1 aromatic carbocycles. The fraction of sp³-hybridized carbons (Fsp3) is 0.333. The number of pyridine rings is 1. The Kier molecular flexibility index (Phi) is 3.94. The molecule has 1 fully saturated rings. The molecule has 2 heterocycles. The van der Waals surface area contributed by atoms with Crippen LogP contribution in [0.5, 0.6) is 5.75 Å². The number of ether oxygens (including phenoxy) is 1. The van der Waals surface area contributed by atoms with Gasteiger partial charge in [0.05, 0.1) is 17.5 Å². The predicted molar refractivity (Wildman–Crippen MR) is 93.4 cm³/mol. The van der Waals surface area contributed by atoms with Gasteiger partial charge < -0.3 is 10.1 Å². The van der Waals surface area contributed by atoms with Crippen molar-refractivity contribution in [3.8, 4) is 5.75 Å². The minimum atomic E-state index is -0.105. The van der Waals surface area contributed by atoms with Crippen molar-refractivity contribution >= 4 is 16.7 Å². The van der Waals surface area contributed by atoms with Gasteiger partial charge in [0.15, 0.2) is 0 Å². The molecule has 0 radical (unpaired) electrons. The molecule has 1 aliphatic rings. The van der Waals surface area contributed by atoms with Crippen LogP contribution in [0.25, 0.3) is 10.9 Å². The highest BCUT2D eigenvalue weighted by Crippen LogP contribution is 2.29. The first-order chi connectivity index (χ1) is 11.8. The third-order valence-corrected chi connectivity index (χ3v) is 4.67. The highest BCUT2D eigenvalue weighted by atomic mass is 16.5. The smallest absolute Gasteiger partial charge is 0.271 e. The van der Waals surface area contributed by atoms with Gasteiger partial charge in [-0.05, 0) is 37.1 Å². The van der Waals surface area contributed by atoms with Gasteiger partial charge in [0.1, 0.15) is 11.6 Å². The summed E-state index contributed by atoms with van der Waals surface area (Å²) in [5, 5.41) is 9.61. The molecule has 3 N–H and O–H groups in total. The molecule has 6 heteroatoms. The van der Waals surface area contributed by atoms with Crippen LogP contribution in [0.1, 0.15) is 19.3 Å². The van der Waals surface area contributed by atoms with E-state index in [1.165, 1.54) is 6.42 Å². The topological polar surface area (TPSA) is 82.8 Å². The number of hydrogen-bond acceptors (Lipinski definition) is 4. The number of aromatic amines is 2. The Morgan fingerprint density at radius 2 is 2.17 bits per heavy atom. The minimum absolute atomic E-state index is 0.105. The van der Waals surface area contributed by atoms with Gasteiger partial charge in [0.25, 0.3) is 5.56 Å². The van der Waals surface area contributed by atoms with E-state index in [4.69, 9.17) is 4.74 Å². The zero-order valence-electron chi connectivity index (χ0n) is 13.3. The SMILES string of the molecule is O=c1[nH][nH]c2cc(OCC3CCCC3Nc3ccccn3)ccc12. The van der Waals surface area contributed by atoms with Crippen LogP contribution in [0, 0.1) is 5.92 Å². The summed E-state index contributed by atoms with van der Waals surface area (Å²) in [4.78, 5) is 15.9. The minimum Gasteiger partial charge on any atom is -0.493 e. The summed E-state index contributed by atoms with van der Waals surface area (Å²) in [6, 6.07) is 11.8. The first-order valence-electron chi connectivity index (χ1n) is 8.30. The first-order valence-corrected chi connectivity index (χ1v) is 8.30. The third-order valence-electron chi connectivity index (χ3n) is 4.67. The van der Waals surface area contributed by atoms with E-state index in [-0.39, 0.29) is 5.56 Å². The monoisotopic (exact) mass is 324 g/mol. The molecule has 0 bridgehead atoms. The van der Waals surface area contributed by atoms with Crippen molar-refractivity contribution in [1.29, 1.82) is 0 Å². The number of benzene rings is 1. The van der Waals surface area contributed by atoms with Gasteiger partial charge in [-0.25, -0.2) is 4.98 Å². The van der Waals surface area contributed by atoms with Gasteiger partial charge in [-0.2, -0.15) is 0 Å². The number of rotatable bonds is 5. The number of aromatic nitrogens is 3. The van der Waals surface area contributed by atoms with Crippen LogP contribution >= 0.6 is 0 Å². The van der Waals surface area contributed by atoms with Crippen LogP contribution in [0.15, 0.2) is 47.4 Å². The van der Waals surface area contributed by atoms with E-state index in [9.17, 15) is 4.79 Å². The average Bonchev–Trinajstić information content (AvgIpc) is 3.21. The first kappa shape index (κ1) is 14.8. The lowest BCUT2D eigenvalue weighted by molar-refractivity contribution is 0.244. The summed E-state index contributed by atoms with van der Waals surface area (Å²) in [6.45, 7) is 0.657. The molecular weight excluding hydrogens is 304 g/mol. The standard InChI is InChI=1S/C18H20N4O2/c23-18-14-8-7-13(10-16(14)21-22-18)24-11-12-4-3-5-15(12)20-17-6-1-2-9-19-17/h1-2,6-10,12,15H,3-5,11H2,(H,19,20)(H2,21,22,23). The van der Waals surface area contributed by atoms with Crippen LogP contribution in [-0.2, 0) is 0 Å². The van der Waals surface area contributed by atoms with E-state index >= 15 is 0 Å². The van der Waals surface area contributed by atoms with Crippen molar-refractivity contribution in [2.75, 3.05) is 11.9 Å². The zero-order valence-corrected chi connectivity index (χ0v) is 13.3. The number of fused-ring (bicyclic) bond motifs is 1. The van der Waals surface area contributed by atoms with Gasteiger partial charge in [-0.3, -0.25) is 15.0 Å². The maximum Gasteiger partial charge on any atom is 0.271 e. The van der Waals surface area contributed by atoms with Crippen molar-refractivity contribution in [1.82, 2.24) is 15.2 Å². The lowest BCUT2D eigenvalue weighted by atomic mass is 10.1. The van der Waals surface area contributed by atoms with Crippen LogP contribution < -0.4 is 15.6 Å². The summed E-state index contributed by atoms with van der Waals surface area (Å²) in [6.07, 6.45) is 5.28. The van der Waals surface area contributed by atoms with Crippen molar-refractivity contribution in [3.05, 3.63) is 52.9 Å². The zero-order chi connectivity index (χ0) is 16.4. The third kappa shape index (κ3) is 2.99. The van der Waals surface area contributed by atoms with E-state index in [0.717, 1.165) is 29.9 Å². The van der Waals surface area contributed by atoms with E-state index in [1.807, 2.05) is 30.3 Å². The fourth-order valence-corrected chi connectivity index (χ4v) is 3.37. The Hall–Kier alpha value is -2.76. The molecule has 2 unspecified atom stereocenters. The summed E-state index contributed by atoms with van der Waals surface area (Å²) in [5.41, 5.74) is 0.666. The molecule has 0 spiro atoms. The van der Waals surface area contributed by atoms with Gasteiger partial charge >= 0.3 is 0 Å². The summed E-state index contributed by atoms with van der Waals surface area (Å²) in [5.74, 6) is 2.15. The van der Waals surface area contributed by atoms with Gasteiger partial charge in [-0.15, -0.1) is 0 Å². The summed E-state index contributed by atoms with van der Waals surface area (Å²) < 4.78 is 5.98. The lowest BCUT2D eigenvalue weighted by Crippen LogP contribution is -2.28. The Morgan fingerprint density at radius 3 is 3.04 bits per heavy atom. The van der Waals surface area contributed by atoms with Crippen molar-refractivity contribution in [2.24, 2.45) is 5.92 Å². The Balaban J connectivity index is 1.41. The summed E-state index contributed by atoms with van der Waals surface area (Å²) in [7, 11) is 0. The highest BCUT2D eigenvalue weighted by molar-refractivity contribution is 5.79.